The number of methoxy groups -OCH3 is 3. The van der Waals surface area contributed by atoms with E-state index in [1.165, 1.54) is 38.9 Å². The van der Waals surface area contributed by atoms with Gasteiger partial charge in [-0.3, -0.25) is 0 Å². The third-order valence-corrected chi connectivity index (χ3v) is 23.8. The molecule has 0 aliphatic heterocycles. The third kappa shape index (κ3) is 22.7. The second-order valence-electron chi connectivity index (χ2n) is 29.0. The van der Waals surface area contributed by atoms with Crippen molar-refractivity contribution in [2.24, 2.45) is 28.7 Å². The first-order chi connectivity index (χ1) is 48.8. The van der Waals surface area contributed by atoms with Gasteiger partial charge in [-0.2, -0.15) is 0 Å². The Balaban J connectivity index is 0.000000162. The fourth-order valence-corrected chi connectivity index (χ4v) is 16.7. The summed E-state index contributed by atoms with van der Waals surface area (Å²) in [5, 5.41) is 2.38. The van der Waals surface area contributed by atoms with Crippen molar-refractivity contribution in [3.63, 3.8) is 0 Å². The molecule has 5 fully saturated rings. The molecular weight excluding hydrogens is 1330 g/mol. The number of aryl methyl sites for hydroxylation is 2. The van der Waals surface area contributed by atoms with E-state index in [4.69, 9.17) is 87.2 Å². The van der Waals surface area contributed by atoms with Gasteiger partial charge in [0, 0.05) is 109 Å². The van der Waals surface area contributed by atoms with Crippen molar-refractivity contribution in [1.82, 2.24) is 0 Å². The van der Waals surface area contributed by atoms with Gasteiger partial charge in [-0.1, -0.05) is 162 Å². The van der Waals surface area contributed by atoms with Gasteiger partial charge < -0.3 is 52.4 Å². The van der Waals surface area contributed by atoms with Crippen molar-refractivity contribution in [3.05, 3.63) is 247 Å². The summed E-state index contributed by atoms with van der Waals surface area (Å²) < 4.78 is 68.7. The summed E-state index contributed by atoms with van der Waals surface area (Å²) in [4.78, 5) is 0. The molecule has 10 nitrogen and oxygen atoms in total. The van der Waals surface area contributed by atoms with Gasteiger partial charge in [0.1, 0.15) is 5.82 Å². The average molecular weight is 1450 g/mol. The Morgan fingerprint density at radius 2 is 0.683 bits per heavy atom. The summed E-state index contributed by atoms with van der Waals surface area (Å²) in [6, 6.07) is 55.8. The minimum Gasteiger partial charge on any atom is -0.381 e. The van der Waals surface area contributed by atoms with Crippen molar-refractivity contribution >= 4 is 34.8 Å². The molecular formula is C85H113Cl3F3N5O5. The molecule has 0 spiro atoms. The number of rotatable bonds is 21. The molecule has 0 aromatic heterocycles. The van der Waals surface area contributed by atoms with E-state index in [-0.39, 0.29) is 39.9 Å². The topological polar surface area (TPSA) is 176 Å². The van der Waals surface area contributed by atoms with E-state index < -0.39 is 22.9 Å². The van der Waals surface area contributed by atoms with Crippen molar-refractivity contribution in [3.8, 4) is 0 Å². The molecule has 10 N–H and O–H groups in total. The van der Waals surface area contributed by atoms with E-state index in [0.29, 0.717) is 69.6 Å². The molecule has 0 heterocycles. The van der Waals surface area contributed by atoms with Gasteiger partial charge in [-0.05, 0) is 230 Å². The molecule has 0 unspecified atom stereocenters. The van der Waals surface area contributed by atoms with E-state index in [1.54, 1.807) is 14.2 Å². The van der Waals surface area contributed by atoms with Crippen molar-refractivity contribution in [2.45, 2.75) is 212 Å². The largest absolute Gasteiger partial charge is 0.381 e. The molecule has 7 aromatic carbocycles. The molecule has 0 amide bonds. The summed E-state index contributed by atoms with van der Waals surface area (Å²) >= 11 is 18.4. The standard InChI is InChI=1S/C22H28ClNO.C20H24ClNO.C15H23NO.C14H20ClNO.C14H18F3NO/c23-20-10-4-9-19(16-20)22(17-24)13-11-21(12-14-22)25-15-5-8-18-6-2-1-3-7-18;21-18-8-4-7-17(13-18)20(15-22)11-9-19(10-12-20)23-14-16-5-2-1-3-6-16;1-12-4-3-5-13(10-12)15(11-16)8-6-14(17-2)7-9-15;1-17-13-5-7-14(10-16,8-6-13)11-3-2-4-12(15)9-11;1-19-9-2-4-14(8-18,5-3-9)10-6-12(16)13(17)7-11(10)15/h1-4,6-7,9-10,16,21H,5,8,11-15,17,24H2;1-8,13,19H,9-12,14-15,22H2;3-5,10,14H,6-9,11,16H2,1-2H3;2-4,9,13H,5-8,10,16H2,1H3;6-7,9H,2-5,8,18H2,1H3. The Bertz CT molecular complexity index is 3460. The molecule has 0 radical (unpaired) electrons. The lowest BCUT2D eigenvalue weighted by molar-refractivity contribution is 0.00248. The number of nitrogens with two attached hydrogens (primary N) is 5. The minimum atomic E-state index is -1.17. The van der Waals surface area contributed by atoms with Crippen LogP contribution >= 0.6 is 34.8 Å². The van der Waals surface area contributed by atoms with Crippen LogP contribution in [-0.2, 0) is 63.8 Å². The summed E-state index contributed by atoms with van der Waals surface area (Å²) in [5.74, 6) is -2.92. The Morgan fingerprint density at radius 3 is 1.04 bits per heavy atom. The molecule has 550 valence electrons. The van der Waals surface area contributed by atoms with Crippen LogP contribution in [0.3, 0.4) is 0 Å². The molecule has 16 heteroatoms. The molecule has 12 rings (SSSR count). The van der Waals surface area contributed by atoms with Crippen molar-refractivity contribution in [1.29, 1.82) is 0 Å². The van der Waals surface area contributed by atoms with Crippen LogP contribution < -0.4 is 28.7 Å². The molecule has 5 aliphatic rings. The number of halogens is 6. The zero-order valence-electron chi connectivity index (χ0n) is 60.3. The monoisotopic (exact) mass is 1450 g/mol. The van der Waals surface area contributed by atoms with E-state index in [9.17, 15) is 13.2 Å². The number of hydrogen-bond donors (Lipinski definition) is 5. The van der Waals surface area contributed by atoms with Crippen LogP contribution in [0.1, 0.15) is 179 Å². The fourth-order valence-electron chi connectivity index (χ4n) is 16.1. The molecule has 101 heavy (non-hydrogen) atoms. The van der Waals surface area contributed by atoms with E-state index >= 15 is 0 Å². The summed E-state index contributed by atoms with van der Waals surface area (Å²) in [7, 11) is 5.24. The second kappa shape index (κ2) is 40.3. The van der Waals surface area contributed by atoms with Crippen molar-refractivity contribution in [2.75, 3.05) is 60.7 Å². The average Bonchev–Trinajstić information content (AvgIpc) is 0.835. The minimum absolute atomic E-state index is 0.0531. The Kier molecular flexibility index (Phi) is 32.5. The van der Waals surface area contributed by atoms with Crippen LogP contribution in [0.4, 0.5) is 13.2 Å². The van der Waals surface area contributed by atoms with Gasteiger partial charge in [0.25, 0.3) is 0 Å². The van der Waals surface area contributed by atoms with Gasteiger partial charge in [0.05, 0.1) is 37.1 Å². The highest BCUT2D eigenvalue weighted by molar-refractivity contribution is 6.31. The smallest absolute Gasteiger partial charge is 0.161 e. The second-order valence-corrected chi connectivity index (χ2v) is 30.3. The highest BCUT2D eigenvalue weighted by Crippen LogP contribution is 2.45. The maximum absolute atomic E-state index is 13.9. The van der Waals surface area contributed by atoms with E-state index in [0.717, 1.165) is 163 Å². The predicted molar refractivity (Wildman–Crippen MR) is 410 cm³/mol. The molecule has 5 aliphatic carbocycles. The van der Waals surface area contributed by atoms with Crippen molar-refractivity contribution < 1.29 is 36.9 Å². The molecule has 0 saturated heterocycles. The highest BCUT2D eigenvalue weighted by Gasteiger charge is 2.41. The number of benzene rings is 7. The van der Waals surface area contributed by atoms with Gasteiger partial charge in [0.2, 0.25) is 0 Å². The first-order valence-corrected chi connectivity index (χ1v) is 37.9. The SMILES string of the molecule is COC1CCC(CN)(c2cc(F)c(F)cc2F)CC1.COC1CCC(CN)(c2cccc(C)c2)CC1.COC1CCC(CN)(c2cccc(Cl)c2)CC1.NCC1(c2cccc(Cl)c2)CCC(OCCCc2ccccc2)CC1.NCC1(c2cccc(Cl)c2)CCC(OCc2ccccc2)CC1. The van der Waals surface area contributed by atoms with Crippen LogP contribution in [0.25, 0.3) is 0 Å². The molecule has 0 bridgehead atoms. The lowest BCUT2D eigenvalue weighted by atomic mass is 9.68. The van der Waals surface area contributed by atoms with E-state index in [1.807, 2.05) is 49.6 Å². The van der Waals surface area contributed by atoms with Crippen LogP contribution in [-0.4, -0.2) is 91.2 Å². The van der Waals surface area contributed by atoms with Crippen LogP contribution in [0, 0.1) is 24.4 Å². The van der Waals surface area contributed by atoms with Gasteiger partial charge in [-0.25, -0.2) is 13.2 Å². The quantitative estimate of drug-likeness (QED) is 0.0344. The zero-order chi connectivity index (χ0) is 72.3. The predicted octanol–water partition coefficient (Wildman–Crippen LogP) is 18.6. The van der Waals surface area contributed by atoms with E-state index in [2.05, 4.69) is 122 Å². The highest BCUT2D eigenvalue weighted by atomic mass is 35.5. The first kappa shape index (κ1) is 81.5. The van der Waals surface area contributed by atoms with Gasteiger partial charge in [0.15, 0.2) is 11.6 Å². The third-order valence-electron chi connectivity index (χ3n) is 23.1. The number of hydrogen-bond acceptors (Lipinski definition) is 10. The van der Waals surface area contributed by atoms with Crippen LogP contribution in [0.5, 0.6) is 0 Å². The normalized spacial score (nSPS) is 26.4. The first-order valence-electron chi connectivity index (χ1n) is 36.8. The lowest BCUT2D eigenvalue weighted by Crippen LogP contribution is -2.41. The Hall–Kier alpha value is -5.20. The zero-order valence-corrected chi connectivity index (χ0v) is 62.5. The Labute approximate surface area is 616 Å². The lowest BCUT2D eigenvalue weighted by Gasteiger charge is -2.40. The number of ether oxygens (including phenoxy) is 5. The molecule has 7 aromatic rings. The Morgan fingerprint density at radius 1 is 0.356 bits per heavy atom. The molecule has 5 saturated carbocycles. The summed E-state index contributed by atoms with van der Waals surface area (Å²) in [5.41, 5.74) is 39.3. The van der Waals surface area contributed by atoms with Gasteiger partial charge in [-0.15, -0.1) is 0 Å². The maximum atomic E-state index is 13.9. The fraction of sp³-hybridized carbons (Fsp3) is 0.506. The van der Waals surface area contributed by atoms with Crippen LogP contribution in [0.15, 0.2) is 170 Å². The summed E-state index contributed by atoms with van der Waals surface area (Å²) in [6.45, 7) is 6.66. The summed E-state index contributed by atoms with van der Waals surface area (Å²) in [6.07, 6.45) is 24.0. The van der Waals surface area contributed by atoms with Crippen LogP contribution in [0.2, 0.25) is 15.1 Å². The maximum Gasteiger partial charge on any atom is 0.161 e. The molecule has 0 atom stereocenters. The van der Waals surface area contributed by atoms with Gasteiger partial charge >= 0.3 is 0 Å².